The van der Waals surface area contributed by atoms with E-state index in [4.69, 9.17) is 4.74 Å². The summed E-state index contributed by atoms with van der Waals surface area (Å²) in [5.74, 6) is 0.241. The Morgan fingerprint density at radius 1 is 1.10 bits per heavy atom. The highest BCUT2D eigenvalue weighted by atomic mass is 19.1. The van der Waals surface area contributed by atoms with Crippen molar-refractivity contribution in [3.63, 3.8) is 0 Å². The molecule has 0 fully saturated rings. The molecule has 1 aliphatic rings. The molecular formula is C24H20FN3O3. The number of carbonyl (C=O) groups is 1. The second kappa shape index (κ2) is 7.43. The van der Waals surface area contributed by atoms with Crippen LogP contribution in [0.25, 0.3) is 16.6 Å². The Kier molecular flexibility index (Phi) is 4.58. The molecule has 156 valence electrons. The molecule has 1 aliphatic heterocycles. The van der Waals surface area contributed by atoms with E-state index < -0.39 is 0 Å². The molecule has 4 aromatic rings. The van der Waals surface area contributed by atoms with E-state index >= 15 is 0 Å². The first-order valence-electron chi connectivity index (χ1n) is 9.99. The van der Waals surface area contributed by atoms with Gasteiger partial charge in [-0.05, 0) is 60.0 Å². The summed E-state index contributed by atoms with van der Waals surface area (Å²) >= 11 is 0. The van der Waals surface area contributed by atoms with E-state index in [1.807, 2.05) is 24.3 Å². The summed E-state index contributed by atoms with van der Waals surface area (Å²) in [6.45, 7) is 0.917. The molecule has 7 heteroatoms. The van der Waals surface area contributed by atoms with Gasteiger partial charge >= 0.3 is 0 Å². The van der Waals surface area contributed by atoms with E-state index in [-0.39, 0.29) is 17.3 Å². The first-order valence-corrected chi connectivity index (χ1v) is 9.99. The zero-order chi connectivity index (χ0) is 21.5. The summed E-state index contributed by atoms with van der Waals surface area (Å²) in [5, 5.41) is 0.857. The van der Waals surface area contributed by atoms with Crippen LogP contribution in [0.1, 0.15) is 21.6 Å². The highest BCUT2D eigenvalue weighted by Gasteiger charge is 2.24. The third-order valence-corrected chi connectivity index (χ3v) is 5.71. The quantitative estimate of drug-likeness (QED) is 0.553. The summed E-state index contributed by atoms with van der Waals surface area (Å²) in [5.41, 5.74) is 3.58. The Morgan fingerprint density at radius 2 is 1.90 bits per heavy atom. The number of rotatable bonds is 3. The number of ether oxygens (including phenoxy) is 1. The minimum atomic E-state index is -0.360. The van der Waals surface area contributed by atoms with E-state index in [9.17, 15) is 14.0 Å². The molecule has 0 aliphatic carbocycles. The lowest BCUT2D eigenvalue weighted by Crippen LogP contribution is -2.37. The van der Waals surface area contributed by atoms with Gasteiger partial charge < -0.3 is 14.6 Å². The molecule has 0 atom stereocenters. The van der Waals surface area contributed by atoms with Gasteiger partial charge in [-0.15, -0.1) is 0 Å². The monoisotopic (exact) mass is 417 g/mol. The van der Waals surface area contributed by atoms with Gasteiger partial charge in [-0.2, -0.15) is 0 Å². The molecule has 0 saturated heterocycles. The van der Waals surface area contributed by atoms with Crippen LogP contribution in [0.2, 0.25) is 0 Å². The molecule has 0 saturated carbocycles. The summed E-state index contributed by atoms with van der Waals surface area (Å²) in [6.07, 6.45) is 2.35. The standard InChI is InChI=1S/C24H20FN3O3/c1-31-22-4-2-3-20-19(22)12-21(26-20)24(30)27-10-9-15-11-23(29)28(14-16(15)13-27)18-7-5-17(25)6-8-18/h2-8,11-12,14,26H,9-10,13H2,1H3. The number of benzene rings is 2. The fourth-order valence-electron chi connectivity index (χ4n) is 4.10. The topological polar surface area (TPSA) is 67.3 Å². The molecule has 2 aromatic carbocycles. The first-order chi connectivity index (χ1) is 15.0. The van der Waals surface area contributed by atoms with Crippen molar-refractivity contribution in [2.45, 2.75) is 13.0 Å². The van der Waals surface area contributed by atoms with Crippen molar-refractivity contribution < 1.29 is 13.9 Å². The van der Waals surface area contributed by atoms with E-state index in [0.717, 1.165) is 22.0 Å². The highest BCUT2D eigenvalue weighted by Crippen LogP contribution is 2.27. The van der Waals surface area contributed by atoms with Crippen LogP contribution in [0.4, 0.5) is 4.39 Å². The lowest BCUT2D eigenvalue weighted by atomic mass is 10.0. The Hall–Kier alpha value is -3.87. The maximum Gasteiger partial charge on any atom is 0.270 e. The van der Waals surface area contributed by atoms with Gasteiger partial charge in [0.2, 0.25) is 0 Å². The number of fused-ring (bicyclic) bond motifs is 2. The molecular weight excluding hydrogens is 397 g/mol. The normalized spacial score (nSPS) is 13.3. The number of nitrogens with one attached hydrogen (secondary N) is 1. The van der Waals surface area contributed by atoms with Crippen LogP contribution in [-0.2, 0) is 13.0 Å². The average molecular weight is 417 g/mol. The predicted molar refractivity (Wildman–Crippen MR) is 115 cm³/mol. The summed E-state index contributed by atoms with van der Waals surface area (Å²) in [4.78, 5) is 30.7. The molecule has 5 rings (SSSR count). The first kappa shape index (κ1) is 19.1. The van der Waals surface area contributed by atoms with Crippen molar-refractivity contribution in [1.29, 1.82) is 0 Å². The lowest BCUT2D eigenvalue weighted by Gasteiger charge is -2.29. The number of amides is 1. The van der Waals surface area contributed by atoms with Crippen molar-refractivity contribution >= 4 is 16.8 Å². The molecule has 3 heterocycles. The Balaban J connectivity index is 1.46. The minimum Gasteiger partial charge on any atom is -0.496 e. The van der Waals surface area contributed by atoms with Gasteiger partial charge in [0, 0.05) is 41.9 Å². The molecule has 1 N–H and O–H groups in total. The average Bonchev–Trinajstić information content (AvgIpc) is 3.23. The van der Waals surface area contributed by atoms with E-state index in [1.165, 1.54) is 16.7 Å². The van der Waals surface area contributed by atoms with Crippen molar-refractivity contribution in [1.82, 2.24) is 14.5 Å². The van der Waals surface area contributed by atoms with Crippen molar-refractivity contribution in [2.24, 2.45) is 0 Å². The van der Waals surface area contributed by atoms with Crippen LogP contribution in [0.5, 0.6) is 5.75 Å². The number of H-pyrrole nitrogens is 1. The van der Waals surface area contributed by atoms with Crippen LogP contribution in [0, 0.1) is 5.82 Å². The van der Waals surface area contributed by atoms with Gasteiger partial charge in [0.1, 0.15) is 17.3 Å². The Bertz CT molecular complexity index is 1360. The zero-order valence-corrected chi connectivity index (χ0v) is 16.9. The molecule has 0 radical (unpaired) electrons. The highest BCUT2D eigenvalue weighted by molar-refractivity contribution is 5.99. The number of carbonyl (C=O) groups excluding carboxylic acids is 1. The van der Waals surface area contributed by atoms with Gasteiger partial charge in [-0.3, -0.25) is 14.2 Å². The Morgan fingerprint density at radius 3 is 2.68 bits per heavy atom. The number of aromatic amines is 1. The van der Waals surface area contributed by atoms with Gasteiger partial charge in [-0.25, -0.2) is 4.39 Å². The van der Waals surface area contributed by atoms with E-state index in [0.29, 0.717) is 36.6 Å². The number of hydrogen-bond acceptors (Lipinski definition) is 3. The molecule has 0 unspecified atom stereocenters. The second-order valence-corrected chi connectivity index (χ2v) is 7.59. The van der Waals surface area contributed by atoms with Gasteiger partial charge in [0.05, 0.1) is 7.11 Å². The van der Waals surface area contributed by atoms with Crippen LogP contribution < -0.4 is 10.3 Å². The van der Waals surface area contributed by atoms with Crippen molar-refractivity contribution in [3.8, 4) is 11.4 Å². The third kappa shape index (κ3) is 3.38. The van der Waals surface area contributed by atoms with Gasteiger partial charge in [0.15, 0.2) is 0 Å². The largest absolute Gasteiger partial charge is 0.496 e. The van der Waals surface area contributed by atoms with E-state index in [2.05, 4.69) is 4.98 Å². The maximum absolute atomic E-state index is 13.3. The lowest BCUT2D eigenvalue weighted by molar-refractivity contribution is 0.0729. The molecule has 0 spiro atoms. The molecule has 1 amide bonds. The molecule has 2 aromatic heterocycles. The SMILES string of the molecule is COc1cccc2[nH]c(C(=O)N3CCc4cc(=O)n(-c5ccc(F)cc5)cc4C3)cc12. The number of hydrogen-bond donors (Lipinski definition) is 1. The van der Waals surface area contributed by atoms with Crippen LogP contribution in [-0.4, -0.2) is 34.0 Å². The smallest absolute Gasteiger partial charge is 0.270 e. The molecule has 31 heavy (non-hydrogen) atoms. The van der Waals surface area contributed by atoms with Crippen LogP contribution in [0.15, 0.2) is 65.6 Å². The van der Waals surface area contributed by atoms with Gasteiger partial charge in [-0.1, -0.05) is 6.07 Å². The Labute approximate surface area is 177 Å². The number of nitrogens with zero attached hydrogens (tertiary/aromatic N) is 2. The summed E-state index contributed by atoms with van der Waals surface area (Å²) in [7, 11) is 1.60. The van der Waals surface area contributed by atoms with Crippen LogP contribution >= 0.6 is 0 Å². The number of aromatic nitrogens is 2. The zero-order valence-electron chi connectivity index (χ0n) is 16.9. The number of methoxy groups -OCH3 is 1. The van der Waals surface area contributed by atoms with Crippen molar-refractivity contribution in [2.75, 3.05) is 13.7 Å². The predicted octanol–water partition coefficient (Wildman–Crippen LogP) is 3.67. The second-order valence-electron chi connectivity index (χ2n) is 7.59. The third-order valence-electron chi connectivity index (χ3n) is 5.71. The number of halogens is 1. The van der Waals surface area contributed by atoms with Crippen LogP contribution in [0.3, 0.4) is 0 Å². The minimum absolute atomic E-state index is 0.108. The molecule has 6 nitrogen and oxygen atoms in total. The summed E-state index contributed by atoms with van der Waals surface area (Å²) < 4.78 is 20.1. The van der Waals surface area contributed by atoms with Crippen molar-refractivity contribution in [3.05, 3.63) is 93.8 Å². The fraction of sp³-hybridized carbons (Fsp3) is 0.167. The number of pyridine rings is 1. The fourth-order valence-corrected chi connectivity index (χ4v) is 4.10. The maximum atomic E-state index is 13.3. The van der Waals surface area contributed by atoms with E-state index in [1.54, 1.807) is 36.4 Å². The van der Waals surface area contributed by atoms with Gasteiger partial charge in [0.25, 0.3) is 11.5 Å². The molecule has 0 bridgehead atoms. The summed E-state index contributed by atoms with van der Waals surface area (Å²) in [6, 6.07) is 14.8.